The Kier molecular flexibility index (Phi) is 7.14. The van der Waals surface area contributed by atoms with E-state index < -0.39 is 9.84 Å². The first-order chi connectivity index (χ1) is 15.3. The number of aromatic nitrogens is 3. The molecule has 1 atom stereocenters. The minimum Gasteiger partial charge on any atom is -0.474 e. The van der Waals surface area contributed by atoms with Gasteiger partial charge in [-0.05, 0) is 57.8 Å². The van der Waals surface area contributed by atoms with Crippen LogP contribution < -0.4 is 10.1 Å². The third kappa shape index (κ3) is 5.49. The van der Waals surface area contributed by atoms with Crippen LogP contribution >= 0.6 is 0 Å². The van der Waals surface area contributed by atoms with Crippen molar-refractivity contribution in [2.75, 3.05) is 16.8 Å². The van der Waals surface area contributed by atoms with Crippen molar-refractivity contribution in [1.82, 2.24) is 15.0 Å². The molecular formula is C23H34N4O4S. The largest absolute Gasteiger partial charge is 0.474 e. The van der Waals surface area contributed by atoms with Crippen LogP contribution in [-0.2, 0) is 9.84 Å². The van der Waals surface area contributed by atoms with E-state index in [4.69, 9.17) is 9.72 Å². The number of anilines is 1. The predicted octanol–water partition coefficient (Wildman–Crippen LogP) is 3.60. The van der Waals surface area contributed by atoms with E-state index in [0.29, 0.717) is 24.7 Å². The van der Waals surface area contributed by atoms with E-state index in [1.165, 1.54) is 0 Å². The van der Waals surface area contributed by atoms with Gasteiger partial charge in [-0.1, -0.05) is 13.3 Å². The Morgan fingerprint density at radius 2 is 1.84 bits per heavy atom. The van der Waals surface area contributed by atoms with Crippen LogP contribution in [0.4, 0.5) is 5.95 Å². The molecule has 32 heavy (non-hydrogen) atoms. The van der Waals surface area contributed by atoms with Crippen molar-refractivity contribution in [2.24, 2.45) is 0 Å². The van der Waals surface area contributed by atoms with Crippen molar-refractivity contribution in [3.8, 4) is 5.88 Å². The Bertz CT molecular complexity index is 1020. The lowest BCUT2D eigenvalue weighted by Gasteiger charge is -2.27. The number of hydrogen-bond donors (Lipinski definition) is 2. The molecule has 0 amide bonds. The second kappa shape index (κ2) is 9.87. The van der Waals surface area contributed by atoms with Crippen LogP contribution in [-0.4, -0.2) is 58.2 Å². The van der Waals surface area contributed by atoms with Crippen molar-refractivity contribution < 1.29 is 18.3 Å². The lowest BCUT2D eigenvalue weighted by atomic mass is 9.83. The molecule has 2 N–H and O–H groups in total. The maximum Gasteiger partial charge on any atom is 0.224 e. The number of aliphatic hydroxyl groups excluding tert-OH is 1. The van der Waals surface area contributed by atoms with E-state index in [1.54, 1.807) is 6.20 Å². The smallest absolute Gasteiger partial charge is 0.224 e. The van der Waals surface area contributed by atoms with Crippen LogP contribution in [0.5, 0.6) is 5.88 Å². The van der Waals surface area contributed by atoms with E-state index in [9.17, 15) is 13.5 Å². The summed E-state index contributed by atoms with van der Waals surface area (Å²) in [5, 5.41) is 14.1. The minimum absolute atomic E-state index is 0.151. The maximum atomic E-state index is 11.8. The maximum absolute atomic E-state index is 11.8. The van der Waals surface area contributed by atoms with Gasteiger partial charge in [-0.3, -0.25) is 0 Å². The van der Waals surface area contributed by atoms with Crippen molar-refractivity contribution in [1.29, 1.82) is 0 Å². The predicted molar refractivity (Wildman–Crippen MR) is 125 cm³/mol. The second-order valence-corrected chi connectivity index (χ2v) is 11.6. The first kappa shape index (κ1) is 23.2. The molecule has 1 saturated heterocycles. The van der Waals surface area contributed by atoms with E-state index >= 15 is 0 Å². The third-order valence-electron chi connectivity index (χ3n) is 6.63. The number of nitrogens with one attached hydrogen (secondary N) is 1. The second-order valence-electron chi connectivity index (χ2n) is 9.28. The van der Waals surface area contributed by atoms with Crippen molar-refractivity contribution >= 4 is 26.7 Å². The van der Waals surface area contributed by atoms with Crippen LogP contribution in [0.3, 0.4) is 0 Å². The van der Waals surface area contributed by atoms with Crippen molar-refractivity contribution in [3.63, 3.8) is 0 Å². The number of hydrogen-bond acceptors (Lipinski definition) is 8. The molecule has 2 fully saturated rings. The summed E-state index contributed by atoms with van der Waals surface area (Å²) in [7, 11) is -2.95. The summed E-state index contributed by atoms with van der Waals surface area (Å²) < 4.78 is 29.7. The summed E-state index contributed by atoms with van der Waals surface area (Å²) in [5.74, 6) is 1.65. The average Bonchev–Trinajstić information content (AvgIpc) is 2.76. The summed E-state index contributed by atoms with van der Waals surface area (Å²) >= 11 is 0. The third-order valence-corrected chi connectivity index (χ3v) is 8.34. The van der Waals surface area contributed by atoms with Gasteiger partial charge in [0.1, 0.15) is 6.10 Å². The molecule has 1 aliphatic heterocycles. The van der Waals surface area contributed by atoms with Gasteiger partial charge in [0.2, 0.25) is 11.8 Å². The van der Waals surface area contributed by atoms with Gasteiger partial charge in [-0.2, -0.15) is 0 Å². The summed E-state index contributed by atoms with van der Waals surface area (Å²) in [6.07, 6.45) is 9.65. The zero-order valence-electron chi connectivity index (χ0n) is 19.0. The molecule has 3 heterocycles. The topological polar surface area (TPSA) is 114 Å². The van der Waals surface area contributed by atoms with Gasteiger partial charge in [0, 0.05) is 24.0 Å². The molecule has 2 aliphatic rings. The standard InChI is InChI=1S/C23H34N4O4S/c1-3-4-15(2)26-23-25-14-20-21(27-23)19(16-5-7-17(28)8-6-16)13-24-22(20)31-18-9-11-32(29,30)12-10-18/h13-18,28H,3-12H2,1-2H3,(H,25,26,27)/t15?,16-,17-. The Labute approximate surface area is 190 Å². The average molecular weight is 463 g/mol. The minimum atomic E-state index is -2.95. The molecule has 0 aromatic carbocycles. The van der Waals surface area contributed by atoms with Crippen LogP contribution in [0.15, 0.2) is 12.4 Å². The Morgan fingerprint density at radius 1 is 1.12 bits per heavy atom. The summed E-state index contributed by atoms with van der Waals surface area (Å²) in [5.41, 5.74) is 1.90. The number of aliphatic hydroxyl groups is 1. The molecule has 8 nitrogen and oxygen atoms in total. The van der Waals surface area contributed by atoms with E-state index in [2.05, 4.69) is 29.1 Å². The first-order valence-corrected chi connectivity index (χ1v) is 13.6. The number of sulfone groups is 1. The fourth-order valence-electron chi connectivity index (χ4n) is 4.74. The molecular weight excluding hydrogens is 428 g/mol. The van der Waals surface area contributed by atoms with Crippen LogP contribution in [0.25, 0.3) is 10.9 Å². The van der Waals surface area contributed by atoms with E-state index in [0.717, 1.165) is 55.0 Å². The molecule has 2 aromatic heterocycles. The lowest BCUT2D eigenvalue weighted by molar-refractivity contribution is 0.122. The quantitative estimate of drug-likeness (QED) is 0.641. The Hall–Kier alpha value is -2.00. The molecule has 1 unspecified atom stereocenters. The number of nitrogens with zero attached hydrogens (tertiary/aromatic N) is 3. The van der Waals surface area contributed by atoms with Crippen LogP contribution in [0.1, 0.15) is 76.7 Å². The zero-order chi connectivity index (χ0) is 22.7. The highest BCUT2D eigenvalue weighted by atomic mass is 32.2. The molecule has 0 radical (unpaired) electrons. The highest BCUT2D eigenvalue weighted by molar-refractivity contribution is 7.91. The summed E-state index contributed by atoms with van der Waals surface area (Å²) in [6, 6.07) is 0.271. The molecule has 176 valence electrons. The van der Waals surface area contributed by atoms with Gasteiger partial charge in [-0.25, -0.2) is 23.4 Å². The fraction of sp³-hybridized carbons (Fsp3) is 0.696. The monoisotopic (exact) mass is 462 g/mol. The zero-order valence-corrected chi connectivity index (χ0v) is 19.8. The van der Waals surface area contributed by atoms with Gasteiger partial charge in [0.15, 0.2) is 9.84 Å². The molecule has 4 rings (SSSR count). The highest BCUT2D eigenvalue weighted by Gasteiger charge is 2.28. The first-order valence-electron chi connectivity index (χ1n) is 11.8. The summed E-state index contributed by atoms with van der Waals surface area (Å²) in [4.78, 5) is 14.0. The summed E-state index contributed by atoms with van der Waals surface area (Å²) in [6.45, 7) is 4.28. The van der Waals surface area contributed by atoms with Crippen molar-refractivity contribution in [2.45, 2.75) is 89.4 Å². The Balaban J connectivity index is 1.65. The van der Waals surface area contributed by atoms with Gasteiger partial charge >= 0.3 is 0 Å². The number of ether oxygens (including phenoxy) is 1. The fourth-order valence-corrected chi connectivity index (χ4v) is 6.18. The van der Waals surface area contributed by atoms with Crippen LogP contribution in [0.2, 0.25) is 0 Å². The van der Waals surface area contributed by atoms with Gasteiger partial charge < -0.3 is 15.2 Å². The normalized spacial score (nSPS) is 24.8. The SMILES string of the molecule is CCCC(C)Nc1ncc2c(OC3CCS(=O)(=O)CC3)ncc([C@H]3CC[C@H](O)CC3)c2n1. The Morgan fingerprint density at radius 3 is 2.53 bits per heavy atom. The van der Waals surface area contributed by atoms with Crippen molar-refractivity contribution in [3.05, 3.63) is 18.0 Å². The number of pyridine rings is 1. The molecule has 0 bridgehead atoms. The van der Waals surface area contributed by atoms with E-state index in [1.807, 2.05) is 6.20 Å². The number of fused-ring (bicyclic) bond motifs is 1. The van der Waals surface area contributed by atoms with Gasteiger partial charge in [0.05, 0.1) is 28.5 Å². The number of rotatable bonds is 7. The molecule has 0 spiro atoms. The van der Waals surface area contributed by atoms with E-state index in [-0.39, 0.29) is 35.7 Å². The highest BCUT2D eigenvalue weighted by Crippen LogP contribution is 2.38. The molecule has 2 aromatic rings. The molecule has 1 saturated carbocycles. The van der Waals surface area contributed by atoms with Gasteiger partial charge in [-0.15, -0.1) is 0 Å². The molecule has 1 aliphatic carbocycles. The molecule has 9 heteroatoms. The van der Waals surface area contributed by atoms with Gasteiger partial charge in [0.25, 0.3) is 0 Å². The lowest BCUT2D eigenvalue weighted by Crippen LogP contribution is -2.31. The van der Waals surface area contributed by atoms with Crippen LogP contribution in [0, 0.1) is 0 Å².